The zero-order valence-electron chi connectivity index (χ0n) is 15.8. The van der Waals surface area contributed by atoms with Crippen molar-refractivity contribution in [2.75, 3.05) is 13.2 Å². The molecule has 0 radical (unpaired) electrons. The highest BCUT2D eigenvalue weighted by atomic mass is 127. The van der Waals surface area contributed by atoms with Gasteiger partial charge in [-0.15, -0.1) is 0 Å². The van der Waals surface area contributed by atoms with Crippen molar-refractivity contribution in [3.63, 3.8) is 0 Å². The second-order valence-corrected chi connectivity index (χ2v) is 8.49. The summed E-state index contributed by atoms with van der Waals surface area (Å²) in [5.74, 6) is 0.0319. The molecule has 29 heavy (non-hydrogen) atoms. The number of halogens is 4. The van der Waals surface area contributed by atoms with Crippen molar-refractivity contribution >= 4 is 28.5 Å². The Hall–Kier alpha value is -1.81. The third-order valence-electron chi connectivity index (χ3n) is 5.00. The van der Waals surface area contributed by atoms with Crippen molar-refractivity contribution in [2.24, 2.45) is 5.41 Å². The average molecular weight is 519 g/mol. The Balaban J connectivity index is 1.63. The smallest absolute Gasteiger partial charge is 0.420 e. The monoisotopic (exact) mass is 519 g/mol. The van der Waals surface area contributed by atoms with Crippen LogP contribution in [0.5, 0.6) is 11.5 Å². The van der Waals surface area contributed by atoms with E-state index in [1.165, 1.54) is 6.07 Å². The highest BCUT2D eigenvalue weighted by Gasteiger charge is 2.35. The number of amides is 1. The quantitative estimate of drug-likeness (QED) is 0.529. The van der Waals surface area contributed by atoms with Gasteiger partial charge in [-0.3, -0.25) is 4.79 Å². The minimum Gasteiger partial charge on any atom is -0.457 e. The standard InChI is InChI=1S/C21H21F3INO3/c1-20(8-10-28-11-9-20)19(27)26-13-14-2-5-16(6-3-14)29-18-7-4-15(25)12-17(18)21(22,23)24/h2-7,12H,8-11,13H2,1H3,(H,26,27). The minimum absolute atomic E-state index is 0.0187. The molecule has 0 atom stereocenters. The van der Waals surface area contributed by atoms with Crippen LogP contribution in [0.25, 0.3) is 0 Å². The molecule has 156 valence electrons. The number of alkyl halides is 3. The Morgan fingerprint density at radius 2 is 1.83 bits per heavy atom. The molecule has 1 saturated heterocycles. The minimum atomic E-state index is -4.50. The van der Waals surface area contributed by atoms with Crippen molar-refractivity contribution < 1.29 is 27.4 Å². The van der Waals surface area contributed by atoms with E-state index < -0.39 is 17.2 Å². The lowest BCUT2D eigenvalue weighted by Crippen LogP contribution is -2.42. The Kier molecular flexibility index (Phi) is 6.72. The highest BCUT2D eigenvalue weighted by molar-refractivity contribution is 14.1. The van der Waals surface area contributed by atoms with Crippen molar-refractivity contribution in [3.8, 4) is 11.5 Å². The van der Waals surface area contributed by atoms with E-state index in [0.717, 1.165) is 11.6 Å². The Bertz CT molecular complexity index is 862. The molecule has 0 unspecified atom stereocenters. The summed E-state index contributed by atoms with van der Waals surface area (Å²) in [6.07, 6.45) is -3.13. The summed E-state index contributed by atoms with van der Waals surface area (Å²) in [5.41, 5.74) is -0.411. The van der Waals surface area contributed by atoms with Gasteiger partial charge in [-0.25, -0.2) is 0 Å². The first-order valence-corrected chi connectivity index (χ1v) is 10.2. The summed E-state index contributed by atoms with van der Waals surface area (Å²) < 4.78 is 50.9. The van der Waals surface area contributed by atoms with E-state index in [1.807, 2.05) is 29.5 Å². The molecule has 8 heteroatoms. The van der Waals surface area contributed by atoms with Crippen LogP contribution in [-0.4, -0.2) is 19.1 Å². The zero-order chi connectivity index (χ0) is 21.1. The molecule has 1 fully saturated rings. The van der Waals surface area contributed by atoms with Gasteiger partial charge in [-0.05, 0) is 71.3 Å². The molecular weight excluding hydrogens is 498 g/mol. The molecule has 3 rings (SSSR count). The van der Waals surface area contributed by atoms with Crippen LogP contribution >= 0.6 is 22.6 Å². The number of nitrogens with one attached hydrogen (secondary N) is 1. The van der Waals surface area contributed by atoms with Gasteiger partial charge in [0.15, 0.2) is 0 Å². The summed E-state index contributed by atoms with van der Waals surface area (Å²) in [7, 11) is 0. The molecule has 1 amide bonds. The van der Waals surface area contributed by atoms with Crippen molar-refractivity contribution in [3.05, 3.63) is 57.2 Å². The third-order valence-corrected chi connectivity index (χ3v) is 5.67. The molecule has 1 heterocycles. The number of ether oxygens (including phenoxy) is 2. The first-order valence-electron chi connectivity index (χ1n) is 9.17. The van der Waals surface area contributed by atoms with Gasteiger partial charge in [-0.1, -0.05) is 19.1 Å². The van der Waals surface area contributed by atoms with E-state index in [9.17, 15) is 18.0 Å². The normalized spacial score (nSPS) is 16.3. The lowest BCUT2D eigenvalue weighted by Gasteiger charge is -2.32. The van der Waals surface area contributed by atoms with E-state index >= 15 is 0 Å². The summed E-state index contributed by atoms with van der Waals surface area (Å²) in [5, 5.41) is 2.93. The lowest BCUT2D eigenvalue weighted by atomic mass is 9.81. The molecule has 1 N–H and O–H groups in total. The molecule has 2 aromatic rings. The van der Waals surface area contributed by atoms with Crippen molar-refractivity contribution in [2.45, 2.75) is 32.5 Å². The Morgan fingerprint density at radius 3 is 2.45 bits per heavy atom. The number of hydrogen-bond donors (Lipinski definition) is 1. The van der Waals surface area contributed by atoms with Crippen LogP contribution in [0.2, 0.25) is 0 Å². The molecule has 0 saturated carbocycles. The van der Waals surface area contributed by atoms with Gasteiger partial charge in [0.1, 0.15) is 11.5 Å². The molecule has 1 aliphatic heterocycles. The number of carbonyl (C=O) groups is 1. The third kappa shape index (κ3) is 5.63. The van der Waals surface area contributed by atoms with Gasteiger partial charge in [0.05, 0.1) is 11.0 Å². The van der Waals surface area contributed by atoms with E-state index in [0.29, 0.717) is 41.9 Å². The molecular formula is C21H21F3INO3. The molecule has 4 nitrogen and oxygen atoms in total. The van der Waals surface area contributed by atoms with Gasteiger partial charge >= 0.3 is 6.18 Å². The van der Waals surface area contributed by atoms with Crippen LogP contribution in [0.1, 0.15) is 30.9 Å². The predicted molar refractivity (Wildman–Crippen MR) is 111 cm³/mol. The van der Waals surface area contributed by atoms with Crippen LogP contribution in [0, 0.1) is 8.99 Å². The number of carbonyl (C=O) groups excluding carboxylic acids is 1. The second kappa shape index (κ2) is 8.91. The molecule has 1 aliphatic rings. The highest BCUT2D eigenvalue weighted by Crippen LogP contribution is 2.39. The largest absolute Gasteiger partial charge is 0.457 e. The van der Waals surface area contributed by atoms with E-state index in [-0.39, 0.29) is 11.7 Å². The lowest BCUT2D eigenvalue weighted by molar-refractivity contribution is -0.138. The molecule has 0 bridgehead atoms. The topological polar surface area (TPSA) is 47.6 Å². The maximum absolute atomic E-state index is 13.2. The number of rotatable bonds is 5. The molecule has 0 spiro atoms. The first-order chi connectivity index (χ1) is 13.7. The van der Waals surface area contributed by atoms with Gasteiger partial charge in [0.2, 0.25) is 5.91 Å². The van der Waals surface area contributed by atoms with Crippen LogP contribution in [0.3, 0.4) is 0 Å². The molecule has 0 aromatic heterocycles. The zero-order valence-corrected chi connectivity index (χ0v) is 18.0. The van der Waals surface area contributed by atoms with Crippen LogP contribution < -0.4 is 10.1 Å². The maximum atomic E-state index is 13.2. The average Bonchev–Trinajstić information content (AvgIpc) is 2.68. The van der Waals surface area contributed by atoms with Gasteiger partial charge < -0.3 is 14.8 Å². The Morgan fingerprint density at radius 1 is 1.17 bits per heavy atom. The van der Waals surface area contributed by atoms with Gasteiger partial charge in [0.25, 0.3) is 0 Å². The fourth-order valence-electron chi connectivity index (χ4n) is 3.06. The van der Waals surface area contributed by atoms with Crippen LogP contribution in [-0.2, 0) is 22.3 Å². The summed E-state index contributed by atoms with van der Waals surface area (Å²) in [6, 6.07) is 10.6. The summed E-state index contributed by atoms with van der Waals surface area (Å²) in [4.78, 5) is 12.5. The van der Waals surface area contributed by atoms with Gasteiger partial charge in [-0.2, -0.15) is 13.2 Å². The predicted octanol–water partition coefficient (Wildman–Crippen LogP) is 5.54. The van der Waals surface area contributed by atoms with Crippen molar-refractivity contribution in [1.82, 2.24) is 5.32 Å². The first kappa shape index (κ1) is 21.9. The fraction of sp³-hybridized carbons (Fsp3) is 0.381. The molecule has 2 aromatic carbocycles. The van der Waals surface area contributed by atoms with Crippen LogP contribution in [0.15, 0.2) is 42.5 Å². The molecule has 0 aliphatic carbocycles. The van der Waals surface area contributed by atoms with E-state index in [2.05, 4.69) is 5.32 Å². The van der Waals surface area contributed by atoms with Crippen molar-refractivity contribution in [1.29, 1.82) is 0 Å². The van der Waals surface area contributed by atoms with Gasteiger partial charge in [0, 0.05) is 23.3 Å². The Labute approximate surface area is 180 Å². The van der Waals surface area contributed by atoms with E-state index in [4.69, 9.17) is 9.47 Å². The maximum Gasteiger partial charge on any atom is 0.420 e. The number of benzene rings is 2. The van der Waals surface area contributed by atoms with Crippen LogP contribution in [0.4, 0.5) is 13.2 Å². The summed E-state index contributed by atoms with van der Waals surface area (Å²) in [6.45, 7) is 3.43. The summed E-state index contributed by atoms with van der Waals surface area (Å²) >= 11 is 1.83. The second-order valence-electron chi connectivity index (χ2n) is 7.24. The SMILES string of the molecule is CC1(C(=O)NCc2ccc(Oc3ccc(I)cc3C(F)(F)F)cc2)CCOCC1. The number of hydrogen-bond acceptors (Lipinski definition) is 3. The van der Waals surface area contributed by atoms with E-state index in [1.54, 1.807) is 30.3 Å². The fourth-order valence-corrected chi connectivity index (χ4v) is 3.55.